The Bertz CT molecular complexity index is 514. The topological polar surface area (TPSA) is 108 Å². The number of hydrogen-bond acceptors (Lipinski definition) is 6. The van der Waals surface area contributed by atoms with Crippen LogP contribution in [0.5, 0.6) is 0 Å². The zero-order chi connectivity index (χ0) is 14.5. The van der Waals surface area contributed by atoms with Gasteiger partial charge in [-0.2, -0.15) is 0 Å². The first kappa shape index (κ1) is 14.4. The SMILES string of the molecule is O=[N+]([O-])c1ccc(CO[C@H]2CCCNC2)c([N+](=O)[O-])c1. The van der Waals surface area contributed by atoms with Crippen molar-refractivity contribution in [2.75, 3.05) is 13.1 Å². The minimum absolute atomic E-state index is 0.0264. The number of nitrogens with one attached hydrogen (secondary N) is 1. The van der Waals surface area contributed by atoms with Crippen LogP contribution in [0.3, 0.4) is 0 Å². The van der Waals surface area contributed by atoms with E-state index in [4.69, 9.17) is 4.74 Å². The number of ether oxygens (including phenoxy) is 1. The van der Waals surface area contributed by atoms with Gasteiger partial charge in [-0.25, -0.2) is 0 Å². The van der Waals surface area contributed by atoms with Gasteiger partial charge in [0.05, 0.1) is 34.2 Å². The van der Waals surface area contributed by atoms with E-state index in [0.29, 0.717) is 5.56 Å². The number of nitro benzene ring substituents is 2. The lowest BCUT2D eigenvalue weighted by atomic mass is 10.1. The molecule has 0 saturated carbocycles. The van der Waals surface area contributed by atoms with Gasteiger partial charge in [0, 0.05) is 12.6 Å². The van der Waals surface area contributed by atoms with Crippen LogP contribution < -0.4 is 5.32 Å². The summed E-state index contributed by atoms with van der Waals surface area (Å²) in [6.07, 6.45) is 1.94. The number of rotatable bonds is 5. The maximum Gasteiger partial charge on any atom is 0.281 e. The molecule has 1 aromatic rings. The molecule has 8 nitrogen and oxygen atoms in total. The van der Waals surface area contributed by atoms with Crippen LogP contribution in [0.1, 0.15) is 18.4 Å². The number of nitrogens with zero attached hydrogens (tertiary/aromatic N) is 2. The molecule has 108 valence electrons. The average molecular weight is 281 g/mol. The second kappa shape index (κ2) is 6.40. The van der Waals surface area contributed by atoms with E-state index in [1.807, 2.05) is 0 Å². The van der Waals surface area contributed by atoms with E-state index in [1.165, 1.54) is 12.1 Å². The van der Waals surface area contributed by atoms with Crippen LogP contribution in [0, 0.1) is 20.2 Å². The smallest absolute Gasteiger partial charge is 0.281 e. The lowest BCUT2D eigenvalue weighted by Gasteiger charge is -2.22. The molecular formula is C12H15N3O5. The van der Waals surface area contributed by atoms with Crippen LogP contribution in [-0.4, -0.2) is 29.0 Å². The first-order valence-electron chi connectivity index (χ1n) is 6.32. The van der Waals surface area contributed by atoms with E-state index in [0.717, 1.165) is 32.0 Å². The van der Waals surface area contributed by atoms with Gasteiger partial charge in [-0.3, -0.25) is 20.2 Å². The highest BCUT2D eigenvalue weighted by atomic mass is 16.6. The number of nitro groups is 2. The summed E-state index contributed by atoms with van der Waals surface area (Å²) in [5, 5.41) is 24.8. The highest BCUT2D eigenvalue weighted by molar-refractivity contribution is 5.48. The third kappa shape index (κ3) is 3.49. The van der Waals surface area contributed by atoms with Crippen molar-refractivity contribution in [2.24, 2.45) is 0 Å². The summed E-state index contributed by atoms with van der Waals surface area (Å²) in [5.74, 6) is 0. The Labute approximate surface area is 115 Å². The first-order chi connectivity index (χ1) is 9.58. The third-order valence-corrected chi connectivity index (χ3v) is 3.20. The van der Waals surface area contributed by atoms with Crippen molar-refractivity contribution in [3.8, 4) is 0 Å². The van der Waals surface area contributed by atoms with E-state index in [9.17, 15) is 20.2 Å². The van der Waals surface area contributed by atoms with E-state index in [2.05, 4.69) is 5.32 Å². The molecule has 0 aromatic heterocycles. The monoisotopic (exact) mass is 281 g/mol. The van der Waals surface area contributed by atoms with E-state index >= 15 is 0 Å². The van der Waals surface area contributed by atoms with Gasteiger partial charge < -0.3 is 10.1 Å². The minimum Gasteiger partial charge on any atom is -0.372 e. The van der Waals surface area contributed by atoms with Gasteiger partial charge in [-0.15, -0.1) is 0 Å². The lowest BCUT2D eigenvalue weighted by Crippen LogP contribution is -2.35. The van der Waals surface area contributed by atoms with Crippen molar-refractivity contribution < 1.29 is 14.6 Å². The Kier molecular flexibility index (Phi) is 4.59. The maximum atomic E-state index is 11.0. The van der Waals surface area contributed by atoms with E-state index < -0.39 is 9.85 Å². The van der Waals surface area contributed by atoms with Crippen molar-refractivity contribution in [1.82, 2.24) is 5.32 Å². The molecule has 20 heavy (non-hydrogen) atoms. The van der Waals surface area contributed by atoms with Crippen molar-refractivity contribution >= 4 is 11.4 Å². The second-order valence-electron chi connectivity index (χ2n) is 4.61. The quantitative estimate of drug-likeness (QED) is 0.651. The fraction of sp³-hybridized carbons (Fsp3) is 0.500. The molecular weight excluding hydrogens is 266 g/mol. The Morgan fingerprint density at radius 3 is 2.70 bits per heavy atom. The number of non-ortho nitro benzene ring substituents is 1. The molecule has 2 rings (SSSR count). The van der Waals surface area contributed by atoms with Crippen LogP contribution in [0.2, 0.25) is 0 Å². The molecule has 1 N–H and O–H groups in total. The molecule has 1 aliphatic heterocycles. The fourth-order valence-electron chi connectivity index (χ4n) is 2.13. The molecule has 0 radical (unpaired) electrons. The summed E-state index contributed by atoms with van der Waals surface area (Å²) in [6, 6.07) is 3.61. The fourth-order valence-corrected chi connectivity index (χ4v) is 2.13. The summed E-state index contributed by atoms with van der Waals surface area (Å²) in [4.78, 5) is 20.3. The van der Waals surface area contributed by atoms with Gasteiger partial charge in [-0.05, 0) is 25.5 Å². The highest BCUT2D eigenvalue weighted by Gasteiger charge is 2.21. The average Bonchev–Trinajstić information content (AvgIpc) is 2.45. The number of benzene rings is 1. The van der Waals surface area contributed by atoms with Crippen LogP contribution in [0.25, 0.3) is 0 Å². The van der Waals surface area contributed by atoms with Crippen LogP contribution in [0.15, 0.2) is 18.2 Å². The standard InChI is InChI=1S/C12H15N3O5/c16-14(17)10-4-3-9(12(6-10)15(18)19)8-20-11-2-1-5-13-7-11/h3-4,6,11,13H,1-2,5,7-8H2/t11-/m0/s1. The van der Waals surface area contributed by atoms with Gasteiger partial charge >= 0.3 is 0 Å². The third-order valence-electron chi connectivity index (χ3n) is 3.20. The van der Waals surface area contributed by atoms with Crippen molar-refractivity contribution in [2.45, 2.75) is 25.6 Å². The molecule has 1 heterocycles. The van der Waals surface area contributed by atoms with Crippen molar-refractivity contribution in [1.29, 1.82) is 0 Å². The summed E-state index contributed by atoms with van der Waals surface area (Å²) < 4.78 is 5.62. The lowest BCUT2D eigenvalue weighted by molar-refractivity contribution is -0.394. The molecule has 1 aromatic carbocycles. The molecule has 8 heteroatoms. The summed E-state index contributed by atoms with van der Waals surface area (Å²) in [6.45, 7) is 1.76. The summed E-state index contributed by atoms with van der Waals surface area (Å²) in [7, 11) is 0. The van der Waals surface area contributed by atoms with E-state index in [1.54, 1.807) is 0 Å². The normalized spacial score (nSPS) is 18.7. The Morgan fingerprint density at radius 1 is 1.30 bits per heavy atom. The van der Waals surface area contributed by atoms with Crippen LogP contribution >= 0.6 is 0 Å². The minimum atomic E-state index is -0.650. The second-order valence-corrected chi connectivity index (χ2v) is 4.61. The van der Waals surface area contributed by atoms with E-state index in [-0.39, 0.29) is 24.1 Å². The molecule has 0 bridgehead atoms. The molecule has 1 atom stereocenters. The van der Waals surface area contributed by atoms with Gasteiger partial charge in [-0.1, -0.05) is 0 Å². The summed E-state index contributed by atoms with van der Waals surface area (Å²) >= 11 is 0. The molecule has 0 unspecified atom stereocenters. The van der Waals surface area contributed by atoms with Crippen molar-refractivity contribution in [3.63, 3.8) is 0 Å². The number of hydrogen-bond donors (Lipinski definition) is 1. The van der Waals surface area contributed by atoms with Crippen LogP contribution in [0.4, 0.5) is 11.4 Å². The molecule has 1 fully saturated rings. The van der Waals surface area contributed by atoms with Gasteiger partial charge in [0.25, 0.3) is 11.4 Å². The first-order valence-corrected chi connectivity index (χ1v) is 6.32. The molecule has 0 aliphatic carbocycles. The zero-order valence-corrected chi connectivity index (χ0v) is 10.8. The molecule has 1 aliphatic rings. The van der Waals surface area contributed by atoms with Gasteiger partial charge in [0.1, 0.15) is 0 Å². The van der Waals surface area contributed by atoms with Crippen LogP contribution in [-0.2, 0) is 11.3 Å². The van der Waals surface area contributed by atoms with Crippen molar-refractivity contribution in [3.05, 3.63) is 44.0 Å². The Hall–Kier alpha value is -2.06. The predicted molar refractivity (Wildman–Crippen MR) is 70.4 cm³/mol. The molecule has 0 amide bonds. The Balaban J connectivity index is 2.09. The predicted octanol–water partition coefficient (Wildman–Crippen LogP) is 1.77. The van der Waals surface area contributed by atoms with Gasteiger partial charge in [0.15, 0.2) is 0 Å². The highest BCUT2D eigenvalue weighted by Crippen LogP contribution is 2.25. The largest absolute Gasteiger partial charge is 0.372 e. The summed E-state index contributed by atoms with van der Waals surface area (Å²) in [5.41, 5.74) is -0.214. The maximum absolute atomic E-state index is 11.0. The molecule has 0 spiro atoms. The van der Waals surface area contributed by atoms with Gasteiger partial charge in [0.2, 0.25) is 0 Å². The number of piperidine rings is 1. The molecule has 1 saturated heterocycles. The Morgan fingerprint density at radius 2 is 2.10 bits per heavy atom. The zero-order valence-electron chi connectivity index (χ0n) is 10.8.